The first-order chi connectivity index (χ1) is 12.6. The van der Waals surface area contributed by atoms with Gasteiger partial charge in [0.15, 0.2) is 0 Å². The summed E-state index contributed by atoms with van der Waals surface area (Å²) in [6.45, 7) is 6.87. The van der Waals surface area contributed by atoms with Gasteiger partial charge in [-0.05, 0) is 0 Å². The number of rotatable bonds is 10. The maximum atomic E-state index is 11.3. The fourth-order valence-electron chi connectivity index (χ4n) is 3.12. The van der Waals surface area contributed by atoms with Gasteiger partial charge in [0, 0.05) is 0 Å². The number of carbonyl (C=O) groups is 1. The van der Waals surface area contributed by atoms with Crippen LogP contribution in [0.3, 0.4) is 0 Å². The first kappa shape index (κ1) is 22.9. The van der Waals surface area contributed by atoms with Crippen LogP contribution in [0.4, 0.5) is 10.5 Å². The van der Waals surface area contributed by atoms with E-state index in [0.29, 0.717) is 0 Å². The van der Waals surface area contributed by atoms with E-state index in [-0.39, 0.29) is 0 Å². The van der Waals surface area contributed by atoms with Crippen LogP contribution >= 0.6 is 0 Å². The minimum absolute atomic E-state index is 0.447. The summed E-state index contributed by atoms with van der Waals surface area (Å²) < 4.78 is 12.7. The summed E-state index contributed by atoms with van der Waals surface area (Å²) in [5.74, 6) is 3.51. The molecule has 0 bridgehead atoms. The molecule has 0 radical (unpaired) electrons. The Morgan fingerprint density at radius 3 is 1.88 bits per heavy atom. The quantitative estimate of drug-likeness (QED) is 0.313. The first-order valence-electron chi connectivity index (χ1n) is 10.1. The van der Waals surface area contributed by atoms with Gasteiger partial charge in [-0.3, -0.25) is 0 Å². The number of hydrogen-bond acceptors (Lipinski definition) is 2. The van der Waals surface area contributed by atoms with Crippen molar-refractivity contribution in [3.8, 4) is 9.86 Å². The second-order valence-electron chi connectivity index (χ2n) is 7.03. The van der Waals surface area contributed by atoms with Crippen LogP contribution < -0.4 is 5.32 Å². The number of anilines is 1. The Morgan fingerprint density at radius 1 is 0.962 bits per heavy atom. The molecule has 0 aliphatic heterocycles. The van der Waals surface area contributed by atoms with Crippen LogP contribution in [0.15, 0.2) is 24.3 Å². The van der Waals surface area contributed by atoms with E-state index < -0.39 is 24.5 Å². The van der Waals surface area contributed by atoms with Crippen molar-refractivity contribution in [3.05, 3.63) is 29.8 Å². The van der Waals surface area contributed by atoms with E-state index in [0.717, 1.165) is 11.3 Å². The number of methoxy groups -OCH3 is 1. The molecule has 26 heavy (non-hydrogen) atoms. The third-order valence-electron chi connectivity index (χ3n) is 4.82. The normalized spacial score (nSPS) is 10.8. The van der Waals surface area contributed by atoms with Crippen molar-refractivity contribution in [3.63, 3.8) is 0 Å². The molecule has 0 saturated carbocycles. The molecule has 3 nitrogen and oxygen atoms in total. The third kappa shape index (κ3) is 8.49. The number of benzene rings is 1. The predicted octanol–water partition coefficient (Wildman–Crippen LogP) is 6.60. The molecule has 0 fully saturated rings. The zero-order valence-electron chi connectivity index (χ0n) is 17.0. The monoisotopic (exact) mass is 465 g/mol. The number of ether oxygens (including phenoxy) is 1. The summed E-state index contributed by atoms with van der Waals surface area (Å²) in [6, 6.07) is 7.77. The standard InChI is InChI=1S/C10H8NO2.3C4H9.Sn/c1-3-8-4-6-9(7-5-8)11-10(12)13-2;3*1-3-4-2;/h4-7H,2H3,(H,11,12);3*1,3-4H2,2H3;. The van der Waals surface area contributed by atoms with Crippen LogP contribution in [0, 0.1) is 9.86 Å². The average molecular weight is 464 g/mol. The van der Waals surface area contributed by atoms with Crippen molar-refractivity contribution in [2.45, 2.75) is 72.6 Å². The van der Waals surface area contributed by atoms with Gasteiger partial charge in [0.25, 0.3) is 0 Å². The Kier molecular flexibility index (Phi) is 11.5. The van der Waals surface area contributed by atoms with Crippen LogP contribution in [0.2, 0.25) is 13.3 Å². The summed E-state index contributed by atoms with van der Waals surface area (Å²) in [5.41, 5.74) is 1.78. The van der Waals surface area contributed by atoms with E-state index >= 15 is 0 Å². The van der Waals surface area contributed by atoms with Gasteiger partial charge in [0.1, 0.15) is 0 Å². The van der Waals surface area contributed by atoms with Crippen molar-refractivity contribution < 1.29 is 9.53 Å². The summed E-state index contributed by atoms with van der Waals surface area (Å²) in [7, 11) is 1.37. The van der Waals surface area contributed by atoms with Crippen molar-refractivity contribution >= 4 is 30.2 Å². The molecular formula is C22H35NO2Sn. The number of hydrogen-bond donors (Lipinski definition) is 1. The Bertz CT molecular complexity index is 565. The molecule has 1 N–H and O–H groups in total. The zero-order chi connectivity index (χ0) is 19.3. The van der Waals surface area contributed by atoms with Gasteiger partial charge in [0.2, 0.25) is 0 Å². The molecule has 0 saturated heterocycles. The molecule has 0 aliphatic carbocycles. The fourth-order valence-corrected chi connectivity index (χ4v) is 16.3. The van der Waals surface area contributed by atoms with Crippen LogP contribution in [0.5, 0.6) is 0 Å². The Hall–Kier alpha value is -1.15. The molecule has 1 rings (SSSR count). The van der Waals surface area contributed by atoms with Crippen LogP contribution in [-0.2, 0) is 4.74 Å². The molecular weight excluding hydrogens is 429 g/mol. The Morgan fingerprint density at radius 2 is 1.46 bits per heavy atom. The third-order valence-corrected chi connectivity index (χ3v) is 17.9. The second-order valence-corrected chi connectivity index (χ2v) is 19.3. The van der Waals surface area contributed by atoms with Gasteiger partial charge in [-0.25, -0.2) is 0 Å². The minimum atomic E-state index is -2.40. The predicted molar refractivity (Wildman–Crippen MR) is 114 cm³/mol. The van der Waals surface area contributed by atoms with Gasteiger partial charge >= 0.3 is 164 Å². The van der Waals surface area contributed by atoms with Crippen LogP contribution in [-0.4, -0.2) is 31.6 Å². The Labute approximate surface area is 164 Å². The van der Waals surface area contributed by atoms with E-state index in [1.807, 2.05) is 24.3 Å². The molecule has 0 atom stereocenters. The van der Waals surface area contributed by atoms with Gasteiger partial charge in [-0.15, -0.1) is 0 Å². The molecule has 0 aliphatic rings. The summed E-state index contributed by atoms with van der Waals surface area (Å²) in [4.78, 5) is 11.3. The molecule has 0 heterocycles. The summed E-state index contributed by atoms with van der Waals surface area (Å²) >= 11 is -2.40. The van der Waals surface area contributed by atoms with Gasteiger partial charge in [-0.2, -0.15) is 0 Å². The van der Waals surface area contributed by atoms with E-state index in [2.05, 4.69) is 40.7 Å². The maximum absolute atomic E-state index is 11.3. The van der Waals surface area contributed by atoms with Crippen molar-refractivity contribution in [2.24, 2.45) is 0 Å². The zero-order valence-corrected chi connectivity index (χ0v) is 19.8. The second kappa shape index (κ2) is 13.1. The SMILES string of the molecule is CCC[CH2][Sn]([C]#Cc1ccc(NC(=O)OC)cc1)([CH2]CCC)[CH2]CCC. The summed E-state index contributed by atoms with van der Waals surface area (Å²) in [6.07, 6.45) is 7.36. The van der Waals surface area contributed by atoms with E-state index in [1.54, 1.807) is 0 Å². The number of unbranched alkanes of at least 4 members (excludes halogenated alkanes) is 3. The van der Waals surface area contributed by atoms with Gasteiger partial charge < -0.3 is 0 Å². The van der Waals surface area contributed by atoms with Gasteiger partial charge in [-0.1, -0.05) is 0 Å². The topological polar surface area (TPSA) is 38.3 Å². The van der Waals surface area contributed by atoms with Gasteiger partial charge in [0.05, 0.1) is 0 Å². The molecule has 1 aromatic rings. The Balaban J connectivity index is 2.95. The van der Waals surface area contributed by atoms with Crippen molar-refractivity contribution in [2.75, 3.05) is 12.4 Å². The van der Waals surface area contributed by atoms with Crippen LogP contribution in [0.1, 0.15) is 64.9 Å². The van der Waals surface area contributed by atoms with Crippen molar-refractivity contribution in [1.29, 1.82) is 0 Å². The molecule has 0 spiro atoms. The molecule has 4 heteroatoms. The molecule has 1 aromatic carbocycles. The molecule has 1 amide bonds. The van der Waals surface area contributed by atoms with Crippen molar-refractivity contribution in [1.82, 2.24) is 0 Å². The molecule has 0 unspecified atom stereocenters. The van der Waals surface area contributed by atoms with E-state index in [1.165, 1.54) is 58.9 Å². The molecule has 144 valence electrons. The number of nitrogens with one attached hydrogen (secondary N) is 1. The fraction of sp³-hybridized carbons (Fsp3) is 0.591. The number of carbonyl (C=O) groups excluding carboxylic acids is 1. The summed E-state index contributed by atoms with van der Waals surface area (Å²) in [5, 5.41) is 2.68. The molecule has 0 aromatic heterocycles. The first-order valence-corrected chi connectivity index (χ1v) is 17.6. The number of amides is 1. The average Bonchev–Trinajstić information content (AvgIpc) is 2.68. The van der Waals surface area contributed by atoms with E-state index in [9.17, 15) is 4.79 Å². The van der Waals surface area contributed by atoms with Crippen LogP contribution in [0.25, 0.3) is 0 Å². The van der Waals surface area contributed by atoms with E-state index in [4.69, 9.17) is 0 Å².